The first-order valence-corrected chi connectivity index (χ1v) is 7.67. The van der Waals surface area contributed by atoms with E-state index in [1.54, 1.807) is 0 Å². The van der Waals surface area contributed by atoms with Crippen LogP contribution in [0, 0.1) is 11.8 Å². The molecule has 1 aliphatic rings. The minimum absolute atomic E-state index is 0.311. The smallest absolute Gasteiger partial charge is 0.0170 e. The maximum atomic E-state index is 6.28. The second kappa shape index (κ2) is 7.06. The largest absolute Gasteiger partial charge is 0.327 e. The zero-order valence-electron chi connectivity index (χ0n) is 12.4. The molecule has 0 saturated carbocycles. The van der Waals surface area contributed by atoms with Crippen LogP contribution in [-0.2, 0) is 6.42 Å². The Morgan fingerprint density at radius 3 is 2.63 bits per heavy atom. The summed E-state index contributed by atoms with van der Waals surface area (Å²) in [7, 11) is 0. The summed E-state index contributed by atoms with van der Waals surface area (Å²) < 4.78 is 0. The molecule has 0 bridgehead atoms. The van der Waals surface area contributed by atoms with Crippen LogP contribution in [0.2, 0.25) is 0 Å². The number of benzene rings is 1. The lowest BCUT2D eigenvalue weighted by Crippen LogP contribution is -2.36. The van der Waals surface area contributed by atoms with Crippen LogP contribution in [0.4, 0.5) is 0 Å². The summed E-state index contributed by atoms with van der Waals surface area (Å²) in [6.07, 6.45) is 3.54. The maximum Gasteiger partial charge on any atom is 0.0170 e. The van der Waals surface area contributed by atoms with E-state index in [9.17, 15) is 0 Å². The average Bonchev–Trinajstić information content (AvgIpc) is 2.86. The van der Waals surface area contributed by atoms with E-state index >= 15 is 0 Å². The zero-order valence-corrected chi connectivity index (χ0v) is 12.4. The molecule has 1 aliphatic heterocycles. The molecular formula is C17H28N2. The van der Waals surface area contributed by atoms with Gasteiger partial charge < -0.3 is 10.6 Å². The first-order valence-electron chi connectivity index (χ1n) is 7.67. The van der Waals surface area contributed by atoms with Crippen molar-refractivity contribution in [3.05, 3.63) is 35.9 Å². The van der Waals surface area contributed by atoms with Gasteiger partial charge in [0.2, 0.25) is 0 Å². The van der Waals surface area contributed by atoms with Gasteiger partial charge in [-0.15, -0.1) is 0 Å². The molecule has 1 fully saturated rings. The van der Waals surface area contributed by atoms with Crippen LogP contribution in [0.1, 0.15) is 32.3 Å². The van der Waals surface area contributed by atoms with Gasteiger partial charge in [-0.2, -0.15) is 0 Å². The predicted molar refractivity (Wildman–Crippen MR) is 82.1 cm³/mol. The minimum atomic E-state index is 0.311. The average molecular weight is 260 g/mol. The summed E-state index contributed by atoms with van der Waals surface area (Å²) in [6.45, 7) is 8.22. The van der Waals surface area contributed by atoms with Crippen LogP contribution in [0.5, 0.6) is 0 Å². The van der Waals surface area contributed by atoms with Crippen LogP contribution in [-0.4, -0.2) is 30.6 Å². The Morgan fingerprint density at radius 1 is 1.26 bits per heavy atom. The van der Waals surface area contributed by atoms with Crippen LogP contribution < -0.4 is 5.73 Å². The van der Waals surface area contributed by atoms with Crippen molar-refractivity contribution >= 4 is 0 Å². The Morgan fingerprint density at radius 2 is 2.00 bits per heavy atom. The molecule has 19 heavy (non-hydrogen) atoms. The van der Waals surface area contributed by atoms with Crippen molar-refractivity contribution < 1.29 is 0 Å². The van der Waals surface area contributed by atoms with Crippen LogP contribution >= 0.6 is 0 Å². The number of rotatable bonds is 6. The van der Waals surface area contributed by atoms with Gasteiger partial charge in [-0.3, -0.25) is 0 Å². The van der Waals surface area contributed by atoms with E-state index in [2.05, 4.69) is 49.1 Å². The van der Waals surface area contributed by atoms with E-state index in [-0.39, 0.29) is 0 Å². The van der Waals surface area contributed by atoms with Gasteiger partial charge in [0.05, 0.1) is 0 Å². The maximum absolute atomic E-state index is 6.28. The number of hydrogen-bond donors (Lipinski definition) is 1. The van der Waals surface area contributed by atoms with Gasteiger partial charge in [0.25, 0.3) is 0 Å². The molecule has 1 aromatic rings. The lowest BCUT2D eigenvalue weighted by Gasteiger charge is -2.21. The Balaban J connectivity index is 1.69. The third-order valence-electron chi connectivity index (χ3n) is 4.39. The molecule has 2 unspecified atom stereocenters. The van der Waals surface area contributed by atoms with Crippen LogP contribution in [0.25, 0.3) is 0 Å². The Bertz CT molecular complexity index is 361. The first kappa shape index (κ1) is 14.5. The molecule has 0 aromatic heterocycles. The molecular weight excluding hydrogens is 232 g/mol. The molecule has 106 valence electrons. The molecule has 0 radical (unpaired) electrons. The second-order valence-corrected chi connectivity index (χ2v) is 6.34. The molecule has 2 nitrogen and oxygen atoms in total. The standard InChI is InChI=1S/C17H28N2/c1-14(2)16-10-11-19(12-16)13-17(18)9-8-15-6-4-3-5-7-15/h3-7,14,16-17H,8-13,18H2,1-2H3. The first-order chi connectivity index (χ1) is 9.15. The fraction of sp³-hybridized carbons (Fsp3) is 0.647. The fourth-order valence-electron chi connectivity index (χ4n) is 2.99. The molecule has 2 rings (SSSR count). The van der Waals surface area contributed by atoms with Gasteiger partial charge in [0, 0.05) is 19.1 Å². The Kier molecular flexibility index (Phi) is 5.41. The molecule has 1 aromatic carbocycles. The van der Waals surface area contributed by atoms with Crippen molar-refractivity contribution in [3.8, 4) is 0 Å². The number of likely N-dealkylation sites (tertiary alicyclic amines) is 1. The third kappa shape index (κ3) is 4.63. The normalized spacial score (nSPS) is 22.0. The second-order valence-electron chi connectivity index (χ2n) is 6.34. The van der Waals surface area contributed by atoms with E-state index in [4.69, 9.17) is 5.73 Å². The highest BCUT2D eigenvalue weighted by Gasteiger charge is 2.25. The Labute approximate surface area is 118 Å². The highest BCUT2D eigenvalue weighted by atomic mass is 15.2. The lowest BCUT2D eigenvalue weighted by molar-refractivity contribution is 0.281. The summed E-state index contributed by atoms with van der Waals surface area (Å²) in [6, 6.07) is 11.0. The fourth-order valence-corrected chi connectivity index (χ4v) is 2.99. The van der Waals surface area contributed by atoms with Crippen LogP contribution in [0.3, 0.4) is 0 Å². The summed E-state index contributed by atoms with van der Waals surface area (Å²) in [5, 5.41) is 0. The van der Waals surface area contributed by atoms with Crippen molar-refractivity contribution in [1.82, 2.24) is 4.90 Å². The van der Waals surface area contributed by atoms with Crippen LogP contribution in [0.15, 0.2) is 30.3 Å². The summed E-state index contributed by atoms with van der Waals surface area (Å²) in [5.41, 5.74) is 7.68. The van der Waals surface area contributed by atoms with E-state index < -0.39 is 0 Å². The number of nitrogens with zero attached hydrogens (tertiary/aromatic N) is 1. The van der Waals surface area contributed by atoms with Gasteiger partial charge in [-0.25, -0.2) is 0 Å². The van der Waals surface area contributed by atoms with Gasteiger partial charge in [-0.1, -0.05) is 44.2 Å². The van der Waals surface area contributed by atoms with Crippen molar-refractivity contribution in [1.29, 1.82) is 0 Å². The molecule has 1 saturated heterocycles. The quantitative estimate of drug-likeness (QED) is 0.852. The monoisotopic (exact) mass is 260 g/mol. The number of aryl methyl sites for hydroxylation is 1. The summed E-state index contributed by atoms with van der Waals surface area (Å²) >= 11 is 0. The molecule has 2 N–H and O–H groups in total. The lowest BCUT2D eigenvalue weighted by atomic mass is 9.95. The highest BCUT2D eigenvalue weighted by Crippen LogP contribution is 2.23. The van der Waals surface area contributed by atoms with E-state index in [1.807, 2.05) is 0 Å². The third-order valence-corrected chi connectivity index (χ3v) is 4.39. The van der Waals surface area contributed by atoms with Gasteiger partial charge >= 0.3 is 0 Å². The Hall–Kier alpha value is -0.860. The van der Waals surface area contributed by atoms with E-state index in [0.717, 1.165) is 31.2 Å². The van der Waals surface area contributed by atoms with Crippen molar-refractivity contribution in [2.45, 2.75) is 39.2 Å². The van der Waals surface area contributed by atoms with Crippen molar-refractivity contribution in [2.75, 3.05) is 19.6 Å². The molecule has 1 heterocycles. The van der Waals surface area contributed by atoms with E-state index in [1.165, 1.54) is 25.1 Å². The topological polar surface area (TPSA) is 29.3 Å². The molecule has 0 spiro atoms. The minimum Gasteiger partial charge on any atom is -0.327 e. The molecule has 0 aliphatic carbocycles. The van der Waals surface area contributed by atoms with Gasteiger partial charge in [-0.05, 0) is 43.2 Å². The van der Waals surface area contributed by atoms with Crippen molar-refractivity contribution in [2.24, 2.45) is 17.6 Å². The summed E-state index contributed by atoms with van der Waals surface area (Å²) in [5.74, 6) is 1.69. The number of hydrogen-bond acceptors (Lipinski definition) is 2. The van der Waals surface area contributed by atoms with Gasteiger partial charge in [0.1, 0.15) is 0 Å². The summed E-state index contributed by atoms with van der Waals surface area (Å²) in [4.78, 5) is 2.56. The van der Waals surface area contributed by atoms with Gasteiger partial charge in [0.15, 0.2) is 0 Å². The molecule has 0 amide bonds. The molecule has 2 atom stereocenters. The predicted octanol–water partition coefficient (Wildman–Crippen LogP) is 2.92. The SMILES string of the molecule is CC(C)C1CCN(CC(N)CCc2ccccc2)C1. The highest BCUT2D eigenvalue weighted by molar-refractivity contribution is 5.14. The zero-order chi connectivity index (χ0) is 13.7. The molecule has 2 heteroatoms. The van der Waals surface area contributed by atoms with E-state index in [0.29, 0.717) is 6.04 Å². The number of nitrogens with two attached hydrogens (primary N) is 1. The van der Waals surface area contributed by atoms with Crippen molar-refractivity contribution in [3.63, 3.8) is 0 Å².